The molecule has 1 aliphatic rings. The summed E-state index contributed by atoms with van der Waals surface area (Å²) >= 11 is 0. The summed E-state index contributed by atoms with van der Waals surface area (Å²) in [7, 11) is -3.03. The number of aliphatic hydroxyl groups excluding tert-OH is 1. The normalized spacial score (nSPS) is 27.9. The van der Waals surface area contributed by atoms with Gasteiger partial charge in [0.15, 0.2) is 0 Å². The fourth-order valence-electron chi connectivity index (χ4n) is 2.24. The maximum absolute atomic E-state index is 12.5. The van der Waals surface area contributed by atoms with Crippen molar-refractivity contribution in [1.29, 1.82) is 0 Å². The maximum Gasteiger partial charge on any atom is 0.474 e. The van der Waals surface area contributed by atoms with E-state index < -0.39 is 15.6 Å². The molecular weight excluding hydrogens is 389 g/mol. The molecule has 0 aromatic carbocycles. The second-order valence-corrected chi connectivity index (χ2v) is 9.23. The van der Waals surface area contributed by atoms with Crippen LogP contribution in [0.2, 0.25) is 0 Å². The van der Waals surface area contributed by atoms with Crippen molar-refractivity contribution in [2.24, 2.45) is 0 Å². The molecule has 1 saturated heterocycles. The number of hydrogen-bond acceptors (Lipinski definition) is 10. The summed E-state index contributed by atoms with van der Waals surface area (Å²) < 4.78 is 60.5. The lowest BCUT2D eigenvalue weighted by molar-refractivity contribution is 0.0298. The predicted octanol–water partition coefficient (Wildman–Crippen LogP) is 1.47. The van der Waals surface area contributed by atoms with Gasteiger partial charge in [-0.1, -0.05) is 0 Å². The zero-order chi connectivity index (χ0) is 19.6. The maximum atomic E-state index is 12.5. The first kappa shape index (κ1) is 24.2. The molecule has 10 nitrogen and oxygen atoms in total. The lowest BCUT2D eigenvalue weighted by Gasteiger charge is -2.21. The first-order chi connectivity index (χ1) is 12.3. The lowest BCUT2D eigenvalue weighted by Crippen LogP contribution is -2.21. The fourth-order valence-corrected chi connectivity index (χ4v) is 4.43. The molecule has 0 amide bonds. The summed E-state index contributed by atoms with van der Waals surface area (Å²) in [5.41, 5.74) is 0. The van der Waals surface area contributed by atoms with E-state index in [0.29, 0.717) is 12.8 Å². The van der Waals surface area contributed by atoms with Crippen LogP contribution in [-0.4, -0.2) is 71.8 Å². The van der Waals surface area contributed by atoms with E-state index in [1.807, 2.05) is 14.8 Å². The molecule has 13 heteroatoms. The molecule has 1 rings (SSSR count). The van der Waals surface area contributed by atoms with Crippen molar-refractivity contribution in [2.45, 2.75) is 44.4 Å². The highest BCUT2D eigenvalue weighted by atomic mass is 31.2. The van der Waals surface area contributed by atoms with Gasteiger partial charge in [0, 0.05) is 26.8 Å². The number of ether oxygens (including phenoxy) is 1. The first-order valence-electron chi connectivity index (χ1n) is 8.47. The Labute approximate surface area is 155 Å². The topological polar surface area (TPSA) is 119 Å². The van der Waals surface area contributed by atoms with Crippen molar-refractivity contribution in [3.63, 3.8) is 0 Å². The highest BCUT2D eigenvalue weighted by Crippen LogP contribution is 2.52. The van der Waals surface area contributed by atoms with Crippen molar-refractivity contribution in [2.75, 3.05) is 40.6 Å². The molecule has 1 aliphatic heterocycles. The summed E-state index contributed by atoms with van der Waals surface area (Å²) in [6.45, 7) is 1.79. The smallest absolute Gasteiger partial charge is 0.396 e. The minimum absolute atomic E-state index is 0.00296. The highest BCUT2D eigenvalue weighted by molar-refractivity contribution is 7.48. The second-order valence-electron chi connectivity index (χ2n) is 5.72. The van der Waals surface area contributed by atoms with Crippen molar-refractivity contribution < 1.29 is 46.1 Å². The Bertz CT molecular complexity index is 494. The predicted molar refractivity (Wildman–Crippen MR) is 95.8 cm³/mol. The van der Waals surface area contributed by atoms with Crippen molar-refractivity contribution in [1.82, 2.24) is 0 Å². The SMILES string of the molecule is BC1CC(OP(=O)(OC)OCCCOP(=O)(OC)OCCCO)C(C)O1. The molecule has 0 aromatic heterocycles. The largest absolute Gasteiger partial charge is 0.474 e. The van der Waals surface area contributed by atoms with Gasteiger partial charge >= 0.3 is 15.6 Å². The van der Waals surface area contributed by atoms with Gasteiger partial charge < -0.3 is 9.84 Å². The van der Waals surface area contributed by atoms with Crippen molar-refractivity contribution in [3.8, 4) is 0 Å². The van der Waals surface area contributed by atoms with Gasteiger partial charge in [-0.2, -0.15) is 0 Å². The van der Waals surface area contributed by atoms with E-state index in [0.717, 1.165) is 0 Å². The number of phosphoric ester groups is 2. The zero-order valence-electron chi connectivity index (χ0n) is 15.7. The van der Waals surface area contributed by atoms with Gasteiger partial charge in [0.2, 0.25) is 0 Å². The summed E-state index contributed by atoms with van der Waals surface area (Å²) in [6.07, 6.45) is 0.601. The van der Waals surface area contributed by atoms with Crippen LogP contribution in [0.15, 0.2) is 0 Å². The van der Waals surface area contributed by atoms with E-state index >= 15 is 0 Å². The van der Waals surface area contributed by atoms with Gasteiger partial charge in [0.25, 0.3) is 0 Å². The van der Waals surface area contributed by atoms with Gasteiger partial charge in [0.05, 0.1) is 32.0 Å². The van der Waals surface area contributed by atoms with Gasteiger partial charge in [-0.3, -0.25) is 27.1 Å². The molecule has 26 heavy (non-hydrogen) atoms. The van der Waals surface area contributed by atoms with Crippen LogP contribution in [-0.2, 0) is 41.0 Å². The van der Waals surface area contributed by atoms with E-state index in [4.69, 9.17) is 37.0 Å². The Morgan fingerprint density at radius 1 is 1.04 bits per heavy atom. The van der Waals surface area contributed by atoms with E-state index in [2.05, 4.69) is 0 Å². The van der Waals surface area contributed by atoms with Crippen molar-refractivity contribution >= 4 is 23.5 Å². The molecule has 5 atom stereocenters. The summed E-state index contributed by atoms with van der Waals surface area (Å²) in [5, 5.41) is 8.69. The lowest BCUT2D eigenvalue weighted by atomic mass is 9.96. The molecule has 0 aliphatic carbocycles. The molecule has 5 unspecified atom stereocenters. The van der Waals surface area contributed by atoms with Crippen LogP contribution in [0.3, 0.4) is 0 Å². The number of phosphoric acid groups is 2. The Morgan fingerprint density at radius 3 is 2.04 bits per heavy atom. The third-order valence-electron chi connectivity index (χ3n) is 3.59. The van der Waals surface area contributed by atoms with E-state index in [1.165, 1.54) is 14.2 Å². The van der Waals surface area contributed by atoms with Crippen molar-refractivity contribution in [3.05, 3.63) is 0 Å². The van der Waals surface area contributed by atoms with Gasteiger partial charge in [-0.15, -0.1) is 0 Å². The zero-order valence-corrected chi connectivity index (χ0v) is 17.5. The van der Waals surface area contributed by atoms with Crippen LogP contribution in [0.1, 0.15) is 26.2 Å². The van der Waals surface area contributed by atoms with Crippen LogP contribution < -0.4 is 0 Å². The van der Waals surface area contributed by atoms with E-state index in [1.54, 1.807) is 0 Å². The van der Waals surface area contributed by atoms with E-state index in [9.17, 15) is 9.13 Å². The average molecular weight is 418 g/mol. The molecule has 0 bridgehead atoms. The first-order valence-corrected chi connectivity index (χ1v) is 11.4. The summed E-state index contributed by atoms with van der Waals surface area (Å²) in [5.74, 6) is 0. The quantitative estimate of drug-likeness (QED) is 0.252. The fraction of sp³-hybridized carbons (Fsp3) is 1.00. The molecule has 154 valence electrons. The van der Waals surface area contributed by atoms with Gasteiger partial charge in [0.1, 0.15) is 7.85 Å². The Balaban J connectivity index is 2.33. The van der Waals surface area contributed by atoms with E-state index in [-0.39, 0.29) is 51.1 Å². The minimum atomic E-state index is -3.72. The summed E-state index contributed by atoms with van der Waals surface area (Å²) in [6, 6.07) is 0.0164. The molecule has 1 N–H and O–H groups in total. The standard InChI is InChI=1S/C13H29BO10P2/c1-11-12(10-13(14)23-11)24-26(17,19-3)22-9-5-8-21-25(16,18-2)20-7-4-6-15/h11-13,15H,4-10,14H2,1-3H3. The van der Waals surface area contributed by atoms with Crippen LogP contribution in [0.25, 0.3) is 0 Å². The molecule has 0 saturated carbocycles. The van der Waals surface area contributed by atoms with Crippen LogP contribution in [0.5, 0.6) is 0 Å². The molecule has 0 aromatic rings. The molecule has 0 radical (unpaired) electrons. The number of rotatable bonds is 14. The monoisotopic (exact) mass is 418 g/mol. The third kappa shape index (κ3) is 8.48. The Kier molecular flexibility index (Phi) is 11.1. The van der Waals surface area contributed by atoms with Gasteiger partial charge in [-0.25, -0.2) is 9.13 Å². The number of aliphatic hydroxyl groups is 1. The molecule has 1 fully saturated rings. The molecule has 0 spiro atoms. The van der Waals surface area contributed by atoms with Gasteiger partial charge in [-0.05, 0) is 26.2 Å². The van der Waals surface area contributed by atoms with Crippen LogP contribution in [0, 0.1) is 0 Å². The number of hydrogen-bond donors (Lipinski definition) is 1. The highest BCUT2D eigenvalue weighted by Gasteiger charge is 2.38. The second kappa shape index (κ2) is 11.9. The van der Waals surface area contributed by atoms with Crippen LogP contribution >= 0.6 is 15.6 Å². The minimum Gasteiger partial charge on any atom is -0.396 e. The average Bonchev–Trinajstić information content (AvgIpc) is 2.91. The van der Waals surface area contributed by atoms with Crippen LogP contribution in [0.4, 0.5) is 0 Å². The third-order valence-corrected chi connectivity index (χ3v) is 6.51. The molecular formula is C13H29BO10P2. The summed E-state index contributed by atoms with van der Waals surface area (Å²) in [4.78, 5) is 0. The Hall–Kier alpha value is 0.205. The Morgan fingerprint density at radius 2 is 1.58 bits per heavy atom. The molecule has 1 heterocycles.